The van der Waals surface area contributed by atoms with E-state index in [9.17, 15) is 4.79 Å². The van der Waals surface area contributed by atoms with Crippen LogP contribution in [0.15, 0.2) is 36.5 Å². The van der Waals surface area contributed by atoms with Gasteiger partial charge in [-0.25, -0.2) is 0 Å². The highest BCUT2D eigenvalue weighted by Crippen LogP contribution is 2.15. The molecule has 1 aliphatic heterocycles. The van der Waals surface area contributed by atoms with E-state index in [1.54, 1.807) is 6.08 Å². The van der Waals surface area contributed by atoms with Crippen LogP contribution in [-0.4, -0.2) is 37.0 Å². The molecule has 1 aliphatic rings. The Morgan fingerprint density at radius 3 is 2.42 bits per heavy atom. The van der Waals surface area contributed by atoms with Gasteiger partial charge in [0.15, 0.2) is 5.78 Å². The van der Waals surface area contributed by atoms with Gasteiger partial charge in [0.25, 0.3) is 0 Å². The standard InChI is InChI=1S/C16H21NO2/c1-13(2)14-3-5-15(6-4-14)16(18)7-8-17-9-11-19-12-10-17/h3-8,13H,9-12H2,1-2H3/b8-7+. The predicted molar refractivity (Wildman–Crippen MR) is 76.4 cm³/mol. The van der Waals surface area contributed by atoms with Crippen molar-refractivity contribution in [1.29, 1.82) is 0 Å². The average molecular weight is 259 g/mol. The van der Waals surface area contributed by atoms with Crippen LogP contribution in [0.4, 0.5) is 0 Å². The molecule has 102 valence electrons. The minimum absolute atomic E-state index is 0.0572. The Morgan fingerprint density at radius 1 is 1.21 bits per heavy atom. The summed E-state index contributed by atoms with van der Waals surface area (Å²) in [5.41, 5.74) is 2.00. The smallest absolute Gasteiger partial charge is 0.187 e. The highest BCUT2D eigenvalue weighted by atomic mass is 16.5. The van der Waals surface area contributed by atoms with E-state index < -0.39 is 0 Å². The van der Waals surface area contributed by atoms with E-state index in [1.165, 1.54) is 5.56 Å². The fraction of sp³-hybridized carbons (Fsp3) is 0.438. The number of ether oxygens (including phenoxy) is 1. The van der Waals surface area contributed by atoms with Crippen LogP contribution in [0, 0.1) is 0 Å². The molecule has 1 aromatic carbocycles. The van der Waals surface area contributed by atoms with Gasteiger partial charge >= 0.3 is 0 Å². The SMILES string of the molecule is CC(C)c1ccc(C(=O)/C=C/N2CCOCC2)cc1. The van der Waals surface area contributed by atoms with E-state index in [2.05, 4.69) is 18.7 Å². The first-order chi connectivity index (χ1) is 9.16. The molecular weight excluding hydrogens is 238 g/mol. The minimum Gasteiger partial charge on any atom is -0.378 e. The van der Waals surface area contributed by atoms with Crippen molar-refractivity contribution in [2.24, 2.45) is 0 Å². The second kappa shape index (κ2) is 6.53. The Kier molecular flexibility index (Phi) is 4.74. The Morgan fingerprint density at radius 2 is 1.84 bits per heavy atom. The maximum Gasteiger partial charge on any atom is 0.187 e. The van der Waals surface area contributed by atoms with Gasteiger partial charge in [0, 0.05) is 30.9 Å². The maximum atomic E-state index is 12.0. The van der Waals surface area contributed by atoms with Gasteiger partial charge in [0.05, 0.1) is 13.2 Å². The molecule has 0 unspecified atom stereocenters. The van der Waals surface area contributed by atoms with Crippen molar-refractivity contribution in [3.05, 3.63) is 47.7 Å². The first-order valence-electron chi connectivity index (χ1n) is 6.81. The minimum atomic E-state index is 0.0572. The van der Waals surface area contributed by atoms with Crippen LogP contribution < -0.4 is 0 Å². The van der Waals surface area contributed by atoms with Gasteiger partial charge in [0.1, 0.15) is 0 Å². The third-order valence-electron chi connectivity index (χ3n) is 3.34. The van der Waals surface area contributed by atoms with Crippen molar-refractivity contribution in [3.8, 4) is 0 Å². The fourth-order valence-electron chi connectivity index (χ4n) is 2.03. The average Bonchev–Trinajstić information content (AvgIpc) is 2.46. The lowest BCUT2D eigenvalue weighted by atomic mass is 10.0. The molecule has 0 atom stereocenters. The first-order valence-corrected chi connectivity index (χ1v) is 6.81. The summed E-state index contributed by atoms with van der Waals surface area (Å²) >= 11 is 0. The number of rotatable bonds is 4. The third-order valence-corrected chi connectivity index (χ3v) is 3.34. The normalized spacial score (nSPS) is 16.3. The molecule has 1 aromatic rings. The summed E-state index contributed by atoms with van der Waals surface area (Å²) in [6.07, 6.45) is 3.52. The second-order valence-corrected chi connectivity index (χ2v) is 5.11. The van der Waals surface area contributed by atoms with Crippen LogP contribution in [-0.2, 0) is 4.74 Å². The molecule has 1 fully saturated rings. The molecule has 2 rings (SSSR count). The van der Waals surface area contributed by atoms with Crippen molar-refractivity contribution in [3.63, 3.8) is 0 Å². The summed E-state index contributed by atoms with van der Waals surface area (Å²) < 4.78 is 5.27. The molecule has 0 amide bonds. The van der Waals surface area contributed by atoms with Crippen molar-refractivity contribution in [2.75, 3.05) is 26.3 Å². The van der Waals surface area contributed by atoms with Gasteiger partial charge in [-0.1, -0.05) is 38.1 Å². The number of hydrogen-bond donors (Lipinski definition) is 0. The number of morpholine rings is 1. The third kappa shape index (κ3) is 3.93. The van der Waals surface area contributed by atoms with E-state index in [4.69, 9.17) is 4.74 Å². The molecular formula is C16H21NO2. The van der Waals surface area contributed by atoms with Gasteiger partial charge in [-0.2, -0.15) is 0 Å². The van der Waals surface area contributed by atoms with Crippen molar-refractivity contribution in [2.45, 2.75) is 19.8 Å². The predicted octanol–water partition coefficient (Wildman–Crippen LogP) is 2.84. The molecule has 1 saturated heterocycles. The van der Waals surface area contributed by atoms with Crippen LogP contribution in [0.1, 0.15) is 35.7 Å². The van der Waals surface area contributed by atoms with Gasteiger partial charge in [0.2, 0.25) is 0 Å². The van der Waals surface area contributed by atoms with Gasteiger partial charge in [-0.3, -0.25) is 4.79 Å². The lowest BCUT2D eigenvalue weighted by molar-refractivity contribution is 0.0591. The highest BCUT2D eigenvalue weighted by molar-refractivity contribution is 6.04. The Bertz CT molecular complexity index is 442. The van der Waals surface area contributed by atoms with Gasteiger partial charge < -0.3 is 9.64 Å². The summed E-state index contributed by atoms with van der Waals surface area (Å²) in [6, 6.07) is 7.86. The molecule has 0 radical (unpaired) electrons. The number of carbonyl (C=O) groups excluding carboxylic acids is 1. The lowest BCUT2D eigenvalue weighted by Crippen LogP contribution is -2.32. The van der Waals surface area contributed by atoms with Crippen LogP contribution >= 0.6 is 0 Å². The van der Waals surface area contributed by atoms with Crippen LogP contribution in [0.25, 0.3) is 0 Å². The Balaban J connectivity index is 1.97. The molecule has 0 aliphatic carbocycles. The molecule has 3 nitrogen and oxygen atoms in total. The zero-order chi connectivity index (χ0) is 13.7. The van der Waals surface area contributed by atoms with Crippen LogP contribution in [0.3, 0.4) is 0 Å². The molecule has 0 aromatic heterocycles. The molecule has 3 heteroatoms. The Labute approximate surface area is 114 Å². The summed E-state index contributed by atoms with van der Waals surface area (Å²) in [4.78, 5) is 14.1. The first kappa shape index (κ1) is 13.8. The molecule has 0 spiro atoms. The van der Waals surface area contributed by atoms with Crippen LogP contribution in [0.5, 0.6) is 0 Å². The van der Waals surface area contributed by atoms with Crippen molar-refractivity contribution < 1.29 is 9.53 Å². The summed E-state index contributed by atoms with van der Waals surface area (Å²) in [6.45, 7) is 7.49. The lowest BCUT2D eigenvalue weighted by Gasteiger charge is -2.24. The topological polar surface area (TPSA) is 29.5 Å². The number of benzene rings is 1. The van der Waals surface area contributed by atoms with E-state index >= 15 is 0 Å². The molecule has 0 N–H and O–H groups in total. The van der Waals surface area contributed by atoms with Crippen molar-refractivity contribution in [1.82, 2.24) is 4.90 Å². The number of hydrogen-bond acceptors (Lipinski definition) is 3. The van der Waals surface area contributed by atoms with E-state index in [-0.39, 0.29) is 5.78 Å². The summed E-state index contributed by atoms with van der Waals surface area (Å²) in [7, 11) is 0. The fourth-order valence-corrected chi connectivity index (χ4v) is 2.03. The molecule has 0 bridgehead atoms. The van der Waals surface area contributed by atoms with Gasteiger partial charge in [-0.05, 0) is 11.5 Å². The number of carbonyl (C=O) groups is 1. The Hall–Kier alpha value is -1.61. The largest absolute Gasteiger partial charge is 0.378 e. The van der Waals surface area contributed by atoms with E-state index in [0.717, 1.165) is 31.9 Å². The van der Waals surface area contributed by atoms with E-state index in [0.29, 0.717) is 5.92 Å². The summed E-state index contributed by atoms with van der Waals surface area (Å²) in [5, 5.41) is 0. The number of ketones is 1. The maximum absolute atomic E-state index is 12.0. The van der Waals surface area contributed by atoms with E-state index in [1.807, 2.05) is 30.5 Å². The van der Waals surface area contributed by atoms with Crippen LogP contribution in [0.2, 0.25) is 0 Å². The van der Waals surface area contributed by atoms with Crippen molar-refractivity contribution >= 4 is 5.78 Å². The molecule has 0 saturated carbocycles. The quantitative estimate of drug-likeness (QED) is 0.615. The monoisotopic (exact) mass is 259 g/mol. The summed E-state index contributed by atoms with van der Waals surface area (Å²) in [5.74, 6) is 0.551. The zero-order valence-corrected chi connectivity index (χ0v) is 11.6. The van der Waals surface area contributed by atoms with Gasteiger partial charge in [-0.15, -0.1) is 0 Å². The molecule has 1 heterocycles. The number of nitrogens with zero attached hydrogens (tertiary/aromatic N) is 1. The zero-order valence-electron chi connectivity index (χ0n) is 11.6. The highest BCUT2D eigenvalue weighted by Gasteiger charge is 2.07. The second-order valence-electron chi connectivity index (χ2n) is 5.11. The number of allylic oxidation sites excluding steroid dienone is 1. The molecule has 19 heavy (non-hydrogen) atoms.